The van der Waals surface area contributed by atoms with Crippen molar-refractivity contribution in [1.29, 1.82) is 0 Å². The van der Waals surface area contributed by atoms with Gasteiger partial charge in [-0.3, -0.25) is 0 Å². The van der Waals surface area contributed by atoms with E-state index in [-0.39, 0.29) is 5.69 Å². The Hall–Kier alpha value is -1.42. The molecule has 5 heteroatoms. The van der Waals surface area contributed by atoms with Crippen molar-refractivity contribution in [1.82, 2.24) is 4.98 Å². The molecule has 0 amide bonds. The van der Waals surface area contributed by atoms with E-state index in [4.69, 9.17) is 11.6 Å². The number of nitrogens with zero attached hydrogens (tertiary/aromatic N) is 1. The lowest BCUT2D eigenvalue weighted by Crippen LogP contribution is -2.02. The second-order valence-corrected chi connectivity index (χ2v) is 4.40. The molecule has 0 unspecified atom stereocenters. The molecule has 0 bridgehead atoms. The number of halogens is 3. The predicted octanol–water partition coefficient (Wildman–Crippen LogP) is 4.57. The first-order valence-corrected chi connectivity index (χ1v) is 6.04. The Morgan fingerprint density at radius 3 is 2.72 bits per heavy atom. The summed E-state index contributed by atoms with van der Waals surface area (Å²) in [5.41, 5.74) is 1.67. The molecular weight excluding hydrogens is 258 g/mol. The minimum atomic E-state index is -2.59. The molecule has 96 valence electrons. The highest BCUT2D eigenvalue weighted by Crippen LogP contribution is 2.32. The van der Waals surface area contributed by atoms with E-state index < -0.39 is 6.43 Å². The van der Waals surface area contributed by atoms with Crippen LogP contribution in [0.25, 0.3) is 10.9 Å². The van der Waals surface area contributed by atoms with Gasteiger partial charge in [-0.25, -0.2) is 13.8 Å². The lowest BCUT2D eigenvalue weighted by molar-refractivity contribution is 0.146. The summed E-state index contributed by atoms with van der Waals surface area (Å²) in [6.07, 6.45) is -2.59. The minimum Gasteiger partial charge on any atom is -0.385 e. The largest absolute Gasteiger partial charge is 0.385 e. The number of aromatic nitrogens is 1. The Morgan fingerprint density at radius 1 is 1.39 bits per heavy atom. The molecule has 0 saturated heterocycles. The monoisotopic (exact) mass is 270 g/mol. The Labute approximate surface area is 109 Å². The van der Waals surface area contributed by atoms with E-state index in [9.17, 15) is 8.78 Å². The van der Waals surface area contributed by atoms with Gasteiger partial charge in [0.05, 0.1) is 5.52 Å². The lowest BCUT2D eigenvalue weighted by atomic mass is 10.1. The Morgan fingerprint density at radius 2 is 2.11 bits per heavy atom. The maximum atomic E-state index is 12.8. The Kier molecular flexibility index (Phi) is 3.66. The van der Waals surface area contributed by atoms with Crippen LogP contribution in [0, 0.1) is 6.92 Å². The first kappa shape index (κ1) is 13.0. The average Bonchev–Trinajstić information content (AvgIpc) is 2.34. The summed E-state index contributed by atoms with van der Waals surface area (Å²) in [6.45, 7) is 4.35. The van der Waals surface area contributed by atoms with Crippen LogP contribution in [0.3, 0.4) is 0 Å². The van der Waals surface area contributed by atoms with Crippen molar-refractivity contribution in [2.45, 2.75) is 20.3 Å². The Bertz CT molecular complexity index is 585. The molecule has 1 aromatic carbocycles. The normalized spacial score (nSPS) is 11.2. The number of aryl methyl sites for hydroxylation is 1. The van der Waals surface area contributed by atoms with Gasteiger partial charge in [0.2, 0.25) is 0 Å². The van der Waals surface area contributed by atoms with Gasteiger partial charge in [-0.05, 0) is 37.6 Å². The second-order valence-electron chi connectivity index (χ2n) is 3.99. The van der Waals surface area contributed by atoms with Crippen LogP contribution in [0.4, 0.5) is 14.5 Å². The number of benzene rings is 1. The molecule has 1 heterocycles. The van der Waals surface area contributed by atoms with Crippen LogP contribution in [0.15, 0.2) is 18.2 Å². The smallest absolute Gasteiger partial charge is 0.280 e. The van der Waals surface area contributed by atoms with Gasteiger partial charge in [0.1, 0.15) is 5.69 Å². The van der Waals surface area contributed by atoms with Crippen LogP contribution in [0.2, 0.25) is 5.02 Å². The second kappa shape index (κ2) is 5.06. The number of alkyl halides is 2. The van der Waals surface area contributed by atoms with E-state index >= 15 is 0 Å². The molecule has 0 atom stereocenters. The third-order valence-electron chi connectivity index (χ3n) is 2.78. The SMILES string of the molecule is CCNc1cc(C(F)F)nc2c(C)c(Cl)ccc12. The minimum absolute atomic E-state index is 0.233. The standard InChI is InChI=1S/C13H13ClF2N2/c1-3-17-10-6-11(13(15)16)18-12-7(2)9(14)5-4-8(10)12/h4-6,13H,3H2,1-2H3,(H,17,18). The van der Waals surface area contributed by atoms with Gasteiger partial charge in [0.25, 0.3) is 6.43 Å². The summed E-state index contributed by atoms with van der Waals surface area (Å²) in [7, 11) is 0. The molecule has 0 aliphatic heterocycles. The molecule has 0 radical (unpaired) electrons. The van der Waals surface area contributed by atoms with Gasteiger partial charge in [0, 0.05) is 22.6 Å². The van der Waals surface area contributed by atoms with Gasteiger partial charge in [-0.1, -0.05) is 11.6 Å². The highest BCUT2D eigenvalue weighted by molar-refractivity contribution is 6.32. The molecule has 0 aliphatic carbocycles. The van der Waals surface area contributed by atoms with Gasteiger partial charge in [-0.15, -0.1) is 0 Å². The fourth-order valence-corrected chi connectivity index (χ4v) is 2.02. The van der Waals surface area contributed by atoms with Gasteiger partial charge < -0.3 is 5.32 Å². The molecular formula is C13H13ClF2N2. The quantitative estimate of drug-likeness (QED) is 0.884. The molecule has 2 rings (SSSR count). The van der Waals surface area contributed by atoms with E-state index in [2.05, 4.69) is 10.3 Å². The first-order chi connectivity index (χ1) is 8.54. The molecule has 0 fully saturated rings. The summed E-state index contributed by atoms with van der Waals surface area (Å²) in [4.78, 5) is 4.00. The summed E-state index contributed by atoms with van der Waals surface area (Å²) < 4.78 is 25.6. The average molecular weight is 271 g/mol. The zero-order valence-electron chi connectivity index (χ0n) is 10.1. The zero-order valence-corrected chi connectivity index (χ0v) is 10.9. The van der Waals surface area contributed by atoms with E-state index in [1.54, 1.807) is 19.1 Å². The summed E-state index contributed by atoms with van der Waals surface area (Å²) >= 11 is 6.00. The zero-order chi connectivity index (χ0) is 13.3. The molecule has 1 N–H and O–H groups in total. The fraction of sp³-hybridized carbons (Fsp3) is 0.308. The van der Waals surface area contributed by atoms with Crippen molar-refractivity contribution in [2.24, 2.45) is 0 Å². The number of hydrogen-bond acceptors (Lipinski definition) is 2. The summed E-state index contributed by atoms with van der Waals surface area (Å²) in [5.74, 6) is 0. The number of pyridine rings is 1. The van der Waals surface area contributed by atoms with Crippen LogP contribution < -0.4 is 5.32 Å². The van der Waals surface area contributed by atoms with E-state index in [1.165, 1.54) is 6.07 Å². The van der Waals surface area contributed by atoms with E-state index in [0.29, 0.717) is 22.8 Å². The molecule has 0 saturated carbocycles. The first-order valence-electron chi connectivity index (χ1n) is 5.66. The maximum Gasteiger partial charge on any atom is 0.280 e. The van der Waals surface area contributed by atoms with Crippen LogP contribution in [0.5, 0.6) is 0 Å². The third-order valence-corrected chi connectivity index (χ3v) is 3.19. The van der Waals surface area contributed by atoms with E-state index in [1.807, 2.05) is 6.92 Å². The molecule has 2 nitrogen and oxygen atoms in total. The van der Waals surface area contributed by atoms with Crippen molar-refractivity contribution in [3.05, 3.63) is 34.5 Å². The maximum absolute atomic E-state index is 12.8. The third kappa shape index (κ3) is 2.25. The van der Waals surface area contributed by atoms with Crippen molar-refractivity contribution < 1.29 is 8.78 Å². The molecule has 0 aliphatic rings. The van der Waals surface area contributed by atoms with Crippen LogP contribution >= 0.6 is 11.6 Å². The van der Waals surface area contributed by atoms with Crippen molar-refractivity contribution in [3.8, 4) is 0 Å². The summed E-state index contributed by atoms with van der Waals surface area (Å²) in [6, 6.07) is 4.94. The number of hydrogen-bond donors (Lipinski definition) is 1. The van der Waals surface area contributed by atoms with Gasteiger partial charge in [0.15, 0.2) is 0 Å². The number of rotatable bonds is 3. The van der Waals surface area contributed by atoms with Gasteiger partial charge >= 0.3 is 0 Å². The highest BCUT2D eigenvalue weighted by atomic mass is 35.5. The summed E-state index contributed by atoms with van der Waals surface area (Å²) in [5, 5.41) is 4.42. The van der Waals surface area contributed by atoms with E-state index in [0.717, 1.165) is 10.9 Å². The van der Waals surface area contributed by atoms with Crippen molar-refractivity contribution >= 4 is 28.2 Å². The number of nitrogens with one attached hydrogen (secondary N) is 1. The van der Waals surface area contributed by atoms with Gasteiger partial charge in [-0.2, -0.15) is 0 Å². The molecule has 2 aromatic rings. The Balaban J connectivity index is 2.77. The van der Waals surface area contributed by atoms with Crippen LogP contribution in [-0.2, 0) is 0 Å². The lowest BCUT2D eigenvalue weighted by Gasteiger charge is -2.12. The van der Waals surface area contributed by atoms with Crippen LogP contribution in [-0.4, -0.2) is 11.5 Å². The fourth-order valence-electron chi connectivity index (χ4n) is 1.87. The topological polar surface area (TPSA) is 24.9 Å². The highest BCUT2D eigenvalue weighted by Gasteiger charge is 2.15. The molecule has 18 heavy (non-hydrogen) atoms. The number of fused-ring (bicyclic) bond motifs is 1. The molecule has 1 aromatic heterocycles. The van der Waals surface area contributed by atoms with Crippen molar-refractivity contribution in [2.75, 3.05) is 11.9 Å². The number of anilines is 1. The van der Waals surface area contributed by atoms with Crippen LogP contribution in [0.1, 0.15) is 24.6 Å². The molecule has 0 spiro atoms. The predicted molar refractivity (Wildman–Crippen MR) is 70.6 cm³/mol. The van der Waals surface area contributed by atoms with Crippen molar-refractivity contribution in [3.63, 3.8) is 0 Å².